The molecule has 2 aromatic heterocycles. The van der Waals surface area contributed by atoms with E-state index in [4.69, 9.17) is 5.73 Å². The monoisotopic (exact) mass is 134 g/mol. The molecular weight excluding hydrogens is 128 g/mol. The fraction of sp³-hybridized carbons (Fsp3) is 0. The molecule has 2 aromatic rings. The highest BCUT2D eigenvalue weighted by atomic mass is 15.2. The van der Waals surface area contributed by atoms with Crippen LogP contribution in [0.3, 0.4) is 0 Å². The minimum Gasteiger partial charge on any atom is -0.383 e. The Labute approximate surface area is 57.3 Å². The lowest BCUT2D eigenvalue weighted by molar-refractivity contribution is 0.993. The van der Waals surface area contributed by atoms with Crippen LogP contribution in [-0.2, 0) is 0 Å². The highest BCUT2D eigenvalue weighted by Crippen LogP contribution is 2.03. The summed E-state index contributed by atoms with van der Waals surface area (Å²) in [5, 5.41) is 7.52. The minimum atomic E-state index is 0.606. The zero-order valence-corrected chi connectivity index (χ0v) is 5.23. The number of nitrogens with two attached hydrogens (primary N) is 1. The molecule has 4 heteroatoms. The molecule has 50 valence electrons. The SMILES string of the molecule is Nc1cnnc2cccn12. The van der Waals surface area contributed by atoms with Crippen LogP contribution in [-0.4, -0.2) is 14.6 Å². The van der Waals surface area contributed by atoms with Crippen LogP contribution in [0.4, 0.5) is 5.82 Å². The van der Waals surface area contributed by atoms with Gasteiger partial charge < -0.3 is 5.73 Å². The molecule has 0 fully saturated rings. The fourth-order valence-corrected chi connectivity index (χ4v) is 0.881. The first-order chi connectivity index (χ1) is 4.88. The molecule has 0 saturated carbocycles. The second-order valence-electron chi connectivity index (χ2n) is 2.01. The standard InChI is InChI=1S/C6H6N4/c7-5-4-8-9-6-2-1-3-10(5)6/h1-4H,7H2. The smallest absolute Gasteiger partial charge is 0.160 e. The number of anilines is 1. The third kappa shape index (κ3) is 0.556. The third-order valence-electron chi connectivity index (χ3n) is 1.36. The summed E-state index contributed by atoms with van der Waals surface area (Å²) in [6.07, 6.45) is 3.37. The quantitative estimate of drug-likeness (QED) is 0.564. The Morgan fingerprint density at radius 3 is 3.20 bits per heavy atom. The van der Waals surface area contributed by atoms with Gasteiger partial charge in [-0.25, -0.2) is 0 Å². The van der Waals surface area contributed by atoms with Gasteiger partial charge in [-0.1, -0.05) is 0 Å². The molecular formula is C6H6N4. The van der Waals surface area contributed by atoms with Crippen molar-refractivity contribution in [1.82, 2.24) is 14.6 Å². The van der Waals surface area contributed by atoms with Gasteiger partial charge in [-0.05, 0) is 12.1 Å². The lowest BCUT2D eigenvalue weighted by Gasteiger charge is -1.94. The van der Waals surface area contributed by atoms with Crippen molar-refractivity contribution in [1.29, 1.82) is 0 Å². The van der Waals surface area contributed by atoms with Crippen LogP contribution in [0.1, 0.15) is 0 Å². The summed E-state index contributed by atoms with van der Waals surface area (Å²) in [6.45, 7) is 0. The molecule has 0 unspecified atom stereocenters. The van der Waals surface area contributed by atoms with Crippen molar-refractivity contribution in [3.8, 4) is 0 Å². The minimum absolute atomic E-state index is 0.606. The van der Waals surface area contributed by atoms with Gasteiger partial charge in [-0.15, -0.1) is 5.10 Å². The van der Waals surface area contributed by atoms with Crippen LogP contribution in [0.5, 0.6) is 0 Å². The molecule has 0 atom stereocenters. The van der Waals surface area contributed by atoms with Crippen LogP contribution in [0, 0.1) is 0 Å². The van der Waals surface area contributed by atoms with Crippen LogP contribution in [0.2, 0.25) is 0 Å². The van der Waals surface area contributed by atoms with Gasteiger partial charge in [-0.3, -0.25) is 4.40 Å². The van der Waals surface area contributed by atoms with Crippen molar-refractivity contribution < 1.29 is 0 Å². The van der Waals surface area contributed by atoms with Crippen molar-refractivity contribution in [3.05, 3.63) is 24.5 Å². The van der Waals surface area contributed by atoms with Crippen LogP contribution < -0.4 is 5.73 Å². The van der Waals surface area contributed by atoms with Crippen LogP contribution in [0.15, 0.2) is 24.5 Å². The van der Waals surface area contributed by atoms with Gasteiger partial charge in [0, 0.05) is 6.20 Å². The number of fused-ring (bicyclic) bond motifs is 1. The Hall–Kier alpha value is -1.58. The van der Waals surface area contributed by atoms with Crippen molar-refractivity contribution in [3.63, 3.8) is 0 Å². The predicted octanol–water partition coefficient (Wildman–Crippen LogP) is 0.311. The molecule has 0 aliphatic carbocycles. The van der Waals surface area contributed by atoms with Gasteiger partial charge >= 0.3 is 0 Å². The zero-order chi connectivity index (χ0) is 6.97. The number of rotatable bonds is 0. The number of nitrogens with zero attached hydrogens (tertiary/aromatic N) is 3. The van der Waals surface area contributed by atoms with E-state index in [2.05, 4.69) is 10.2 Å². The molecule has 0 aromatic carbocycles. The highest BCUT2D eigenvalue weighted by Gasteiger charge is 1.94. The largest absolute Gasteiger partial charge is 0.383 e. The van der Waals surface area contributed by atoms with Crippen molar-refractivity contribution in [2.75, 3.05) is 5.73 Å². The molecule has 4 nitrogen and oxygen atoms in total. The molecule has 0 bridgehead atoms. The maximum absolute atomic E-state index is 5.56. The molecule has 0 saturated heterocycles. The van der Waals surface area contributed by atoms with E-state index in [1.165, 1.54) is 6.20 Å². The Balaban J connectivity index is 2.95. The summed E-state index contributed by atoms with van der Waals surface area (Å²) in [4.78, 5) is 0. The average molecular weight is 134 g/mol. The van der Waals surface area contributed by atoms with E-state index in [1.54, 1.807) is 4.40 Å². The van der Waals surface area contributed by atoms with Crippen LogP contribution >= 0.6 is 0 Å². The highest BCUT2D eigenvalue weighted by molar-refractivity contribution is 5.44. The molecule has 0 radical (unpaired) electrons. The maximum Gasteiger partial charge on any atom is 0.160 e. The molecule has 0 spiro atoms. The normalized spacial score (nSPS) is 10.4. The first-order valence-corrected chi connectivity index (χ1v) is 2.92. The first kappa shape index (κ1) is 5.22. The van der Waals surface area contributed by atoms with Gasteiger partial charge in [0.15, 0.2) is 5.65 Å². The molecule has 0 aliphatic heterocycles. The summed E-state index contributed by atoms with van der Waals surface area (Å²) in [7, 11) is 0. The van der Waals surface area contributed by atoms with E-state index < -0.39 is 0 Å². The average Bonchev–Trinajstić information content (AvgIpc) is 2.36. The van der Waals surface area contributed by atoms with Gasteiger partial charge in [0.2, 0.25) is 0 Å². The number of hydrogen-bond donors (Lipinski definition) is 1. The Bertz CT molecular complexity index is 351. The van der Waals surface area contributed by atoms with Gasteiger partial charge in [-0.2, -0.15) is 5.10 Å². The first-order valence-electron chi connectivity index (χ1n) is 2.92. The zero-order valence-electron chi connectivity index (χ0n) is 5.23. The maximum atomic E-state index is 5.56. The summed E-state index contributed by atoms with van der Waals surface area (Å²) in [6, 6.07) is 3.73. The second-order valence-corrected chi connectivity index (χ2v) is 2.01. The molecule has 0 amide bonds. The van der Waals surface area contributed by atoms with Crippen molar-refractivity contribution >= 4 is 11.5 Å². The molecule has 2 heterocycles. The Morgan fingerprint density at radius 1 is 1.50 bits per heavy atom. The fourth-order valence-electron chi connectivity index (χ4n) is 0.881. The lowest BCUT2D eigenvalue weighted by Crippen LogP contribution is -1.97. The van der Waals surface area contributed by atoms with Gasteiger partial charge in [0.05, 0.1) is 6.20 Å². The van der Waals surface area contributed by atoms with E-state index in [0.717, 1.165) is 5.65 Å². The summed E-state index contributed by atoms with van der Waals surface area (Å²) in [5.41, 5.74) is 6.34. The number of nitrogen functional groups attached to an aromatic ring is 1. The molecule has 2 N–H and O–H groups in total. The van der Waals surface area contributed by atoms with Crippen LogP contribution in [0.25, 0.3) is 5.65 Å². The number of hydrogen-bond acceptors (Lipinski definition) is 3. The third-order valence-corrected chi connectivity index (χ3v) is 1.36. The molecule has 2 rings (SSSR count). The molecule has 10 heavy (non-hydrogen) atoms. The molecule has 0 aliphatic rings. The van der Waals surface area contributed by atoms with Crippen molar-refractivity contribution in [2.24, 2.45) is 0 Å². The summed E-state index contributed by atoms with van der Waals surface area (Å²) in [5.74, 6) is 0.606. The Morgan fingerprint density at radius 2 is 2.40 bits per heavy atom. The Kier molecular flexibility index (Phi) is 0.887. The predicted molar refractivity (Wildman–Crippen MR) is 37.4 cm³/mol. The summed E-state index contributed by atoms with van der Waals surface area (Å²) >= 11 is 0. The van der Waals surface area contributed by atoms with Gasteiger partial charge in [0.25, 0.3) is 0 Å². The van der Waals surface area contributed by atoms with Gasteiger partial charge in [0.1, 0.15) is 5.82 Å². The van der Waals surface area contributed by atoms with E-state index in [1.807, 2.05) is 18.3 Å². The lowest BCUT2D eigenvalue weighted by atomic mass is 10.6. The van der Waals surface area contributed by atoms with E-state index in [9.17, 15) is 0 Å². The second kappa shape index (κ2) is 1.70. The van der Waals surface area contributed by atoms with Crippen molar-refractivity contribution in [2.45, 2.75) is 0 Å². The number of aromatic nitrogens is 3. The topological polar surface area (TPSA) is 56.2 Å². The van der Waals surface area contributed by atoms with E-state index in [0.29, 0.717) is 5.82 Å². The van der Waals surface area contributed by atoms with E-state index >= 15 is 0 Å². The van der Waals surface area contributed by atoms with E-state index in [-0.39, 0.29) is 0 Å². The summed E-state index contributed by atoms with van der Waals surface area (Å²) < 4.78 is 1.77.